The van der Waals surface area contributed by atoms with E-state index in [1.165, 1.54) is 11.6 Å². The molecule has 0 saturated heterocycles. The highest BCUT2D eigenvalue weighted by molar-refractivity contribution is 7.16. The molecule has 8 nitrogen and oxygen atoms in total. The Bertz CT molecular complexity index is 1720. The number of ether oxygens (including phenoxy) is 1. The highest BCUT2D eigenvalue weighted by atomic mass is 32.1. The van der Waals surface area contributed by atoms with Gasteiger partial charge in [-0.1, -0.05) is 35.6 Å². The van der Waals surface area contributed by atoms with Gasteiger partial charge >= 0.3 is 11.0 Å². The topological polar surface area (TPSA) is 87.7 Å². The molecule has 1 fully saturated rings. The van der Waals surface area contributed by atoms with E-state index in [2.05, 4.69) is 15.0 Å². The number of fused-ring (bicyclic) bond motifs is 1. The number of benzene rings is 1. The van der Waals surface area contributed by atoms with Gasteiger partial charge in [-0.05, 0) is 36.0 Å². The molecule has 0 aliphatic heterocycles. The summed E-state index contributed by atoms with van der Waals surface area (Å²) in [6, 6.07) is 8.89. The van der Waals surface area contributed by atoms with Gasteiger partial charge in [0.2, 0.25) is 5.88 Å². The molecular formula is C26H21F3N6O2S. The molecule has 0 N–H and O–H groups in total. The smallest absolute Gasteiger partial charge is 0.434 e. The minimum atomic E-state index is -4.52. The molecule has 1 aliphatic carbocycles. The molecule has 5 aromatic rings. The molecule has 0 spiro atoms. The van der Waals surface area contributed by atoms with Crippen LogP contribution in [0.15, 0.2) is 53.7 Å². The Balaban J connectivity index is 1.35. The standard InChI is InChI=1S/C26H21F3N6O2S/c1-34-13-19(26(27,28)29)32-22(34)16-5-3-14(4-6-16)12-35-23-18(38-25(35)36)11-31-21(33-23)20-17(15-7-8-15)9-10-30-24(20)37-2/h3-6,9-11,13,15H,7-8,12H2,1-2H3. The molecule has 38 heavy (non-hydrogen) atoms. The molecule has 0 bridgehead atoms. The average molecular weight is 539 g/mol. The fraction of sp³-hybridized carbons (Fsp3) is 0.269. The Hall–Kier alpha value is -4.06. The van der Waals surface area contributed by atoms with Gasteiger partial charge in [-0.15, -0.1) is 0 Å². The second kappa shape index (κ2) is 9.05. The van der Waals surface area contributed by atoms with E-state index in [1.807, 2.05) is 6.07 Å². The van der Waals surface area contributed by atoms with Crippen LogP contribution < -0.4 is 9.61 Å². The van der Waals surface area contributed by atoms with Crippen LogP contribution in [0.2, 0.25) is 0 Å². The van der Waals surface area contributed by atoms with Crippen molar-refractivity contribution in [2.24, 2.45) is 7.05 Å². The SMILES string of the molecule is COc1nccc(C2CC2)c1-c1ncc2sc(=O)n(Cc3ccc(-c4nc(C(F)(F)F)cn4C)cc3)c2n1. The van der Waals surface area contributed by atoms with E-state index in [0.29, 0.717) is 33.5 Å². The molecule has 194 valence electrons. The second-order valence-corrected chi connectivity index (χ2v) is 10.1. The van der Waals surface area contributed by atoms with Crippen LogP contribution in [0, 0.1) is 0 Å². The van der Waals surface area contributed by atoms with Gasteiger partial charge in [-0.2, -0.15) is 13.2 Å². The number of rotatable bonds is 6. The van der Waals surface area contributed by atoms with Gasteiger partial charge in [0.05, 0.1) is 30.1 Å². The van der Waals surface area contributed by atoms with E-state index in [0.717, 1.165) is 47.1 Å². The van der Waals surface area contributed by atoms with Gasteiger partial charge in [0.1, 0.15) is 5.82 Å². The first-order valence-corrected chi connectivity index (χ1v) is 12.6. The molecular weight excluding hydrogens is 517 g/mol. The number of aryl methyl sites for hydroxylation is 1. The van der Waals surface area contributed by atoms with E-state index < -0.39 is 11.9 Å². The third-order valence-electron chi connectivity index (χ3n) is 6.51. The van der Waals surface area contributed by atoms with Crippen molar-refractivity contribution in [1.29, 1.82) is 0 Å². The maximum absolute atomic E-state index is 13.1. The first-order chi connectivity index (χ1) is 18.2. The number of alkyl halides is 3. The molecule has 0 radical (unpaired) electrons. The number of nitrogens with zero attached hydrogens (tertiary/aromatic N) is 6. The van der Waals surface area contributed by atoms with Gasteiger partial charge in [0.15, 0.2) is 17.2 Å². The van der Waals surface area contributed by atoms with Crippen LogP contribution in [0.1, 0.15) is 35.6 Å². The molecule has 1 aliphatic rings. The number of aromatic nitrogens is 6. The highest BCUT2D eigenvalue weighted by Gasteiger charge is 2.34. The van der Waals surface area contributed by atoms with Crippen molar-refractivity contribution < 1.29 is 17.9 Å². The van der Waals surface area contributed by atoms with Gasteiger partial charge in [-0.3, -0.25) is 9.36 Å². The molecule has 1 aromatic carbocycles. The Morgan fingerprint density at radius 1 is 1.11 bits per heavy atom. The van der Waals surface area contributed by atoms with Crippen LogP contribution >= 0.6 is 11.3 Å². The highest BCUT2D eigenvalue weighted by Crippen LogP contribution is 2.46. The number of pyridine rings is 1. The maximum Gasteiger partial charge on any atom is 0.434 e. The average Bonchev–Trinajstić information content (AvgIpc) is 3.60. The number of hydrogen-bond donors (Lipinski definition) is 0. The van der Waals surface area contributed by atoms with Crippen molar-refractivity contribution in [3.63, 3.8) is 0 Å². The normalized spacial score (nSPS) is 13.8. The third kappa shape index (κ3) is 4.34. The number of methoxy groups -OCH3 is 1. The molecule has 6 rings (SSSR count). The Labute approximate surface area is 218 Å². The molecule has 4 aromatic heterocycles. The summed E-state index contributed by atoms with van der Waals surface area (Å²) in [5.74, 6) is 1.50. The van der Waals surface area contributed by atoms with Crippen LogP contribution in [0.4, 0.5) is 13.2 Å². The summed E-state index contributed by atoms with van der Waals surface area (Å²) in [5.41, 5.74) is 2.71. The largest absolute Gasteiger partial charge is 0.480 e. The Morgan fingerprint density at radius 2 is 1.87 bits per heavy atom. The lowest BCUT2D eigenvalue weighted by Crippen LogP contribution is -2.14. The minimum absolute atomic E-state index is 0.185. The third-order valence-corrected chi connectivity index (χ3v) is 7.41. The number of halogens is 3. The van der Waals surface area contributed by atoms with Crippen molar-refractivity contribution in [2.45, 2.75) is 31.5 Å². The Morgan fingerprint density at radius 3 is 2.53 bits per heavy atom. The molecule has 0 unspecified atom stereocenters. The summed E-state index contributed by atoms with van der Waals surface area (Å²) < 4.78 is 48.2. The van der Waals surface area contributed by atoms with Crippen LogP contribution in [-0.2, 0) is 19.8 Å². The maximum atomic E-state index is 13.1. The van der Waals surface area contributed by atoms with E-state index in [-0.39, 0.29) is 17.2 Å². The lowest BCUT2D eigenvalue weighted by atomic mass is 10.0. The zero-order chi connectivity index (χ0) is 26.6. The van der Waals surface area contributed by atoms with Gasteiger partial charge < -0.3 is 9.30 Å². The van der Waals surface area contributed by atoms with Crippen molar-refractivity contribution in [3.05, 3.63) is 75.4 Å². The lowest BCUT2D eigenvalue weighted by Gasteiger charge is -2.12. The zero-order valence-electron chi connectivity index (χ0n) is 20.4. The van der Waals surface area contributed by atoms with Crippen LogP contribution in [0.5, 0.6) is 5.88 Å². The van der Waals surface area contributed by atoms with E-state index in [9.17, 15) is 18.0 Å². The first kappa shape index (κ1) is 24.3. The van der Waals surface area contributed by atoms with Crippen LogP contribution in [0.3, 0.4) is 0 Å². The summed E-state index contributed by atoms with van der Waals surface area (Å²) in [4.78, 5) is 30.1. The van der Waals surface area contributed by atoms with E-state index in [4.69, 9.17) is 9.72 Å². The van der Waals surface area contributed by atoms with Gasteiger partial charge in [0.25, 0.3) is 0 Å². The fourth-order valence-corrected chi connectivity index (χ4v) is 5.31. The minimum Gasteiger partial charge on any atom is -0.480 e. The van der Waals surface area contributed by atoms with Crippen LogP contribution in [0.25, 0.3) is 33.1 Å². The van der Waals surface area contributed by atoms with E-state index in [1.54, 1.807) is 48.3 Å². The summed E-state index contributed by atoms with van der Waals surface area (Å²) in [6.07, 6.45) is 1.97. The molecule has 0 amide bonds. The van der Waals surface area contributed by atoms with Crippen molar-refractivity contribution >= 4 is 21.7 Å². The van der Waals surface area contributed by atoms with Gasteiger partial charge in [-0.25, -0.2) is 19.9 Å². The summed E-state index contributed by atoms with van der Waals surface area (Å²) >= 11 is 1.06. The quantitative estimate of drug-likeness (QED) is 0.293. The Kier molecular flexibility index (Phi) is 5.78. The summed E-state index contributed by atoms with van der Waals surface area (Å²) in [6.45, 7) is 0.240. The molecule has 12 heteroatoms. The molecule has 4 heterocycles. The molecule has 0 atom stereocenters. The fourth-order valence-electron chi connectivity index (χ4n) is 4.51. The zero-order valence-corrected chi connectivity index (χ0v) is 21.2. The van der Waals surface area contributed by atoms with Gasteiger partial charge in [0, 0.05) is 25.0 Å². The first-order valence-electron chi connectivity index (χ1n) is 11.8. The predicted molar refractivity (Wildman–Crippen MR) is 136 cm³/mol. The van der Waals surface area contributed by atoms with E-state index >= 15 is 0 Å². The predicted octanol–water partition coefficient (Wildman–Crippen LogP) is 5.27. The molecule has 1 saturated carbocycles. The second-order valence-electron chi connectivity index (χ2n) is 9.15. The van der Waals surface area contributed by atoms with Crippen molar-refractivity contribution in [3.8, 4) is 28.7 Å². The van der Waals surface area contributed by atoms with Crippen molar-refractivity contribution in [2.75, 3.05) is 7.11 Å². The summed E-state index contributed by atoms with van der Waals surface area (Å²) in [7, 11) is 3.08. The number of imidazole rings is 1. The lowest BCUT2D eigenvalue weighted by molar-refractivity contribution is -0.140. The van der Waals surface area contributed by atoms with Crippen molar-refractivity contribution in [1.82, 2.24) is 29.1 Å². The summed E-state index contributed by atoms with van der Waals surface area (Å²) in [5, 5.41) is 0. The monoisotopic (exact) mass is 538 g/mol. The number of thiazole rings is 1. The van der Waals surface area contributed by atoms with Crippen LogP contribution in [-0.4, -0.2) is 36.2 Å². The number of hydrogen-bond acceptors (Lipinski definition) is 7.